The predicted molar refractivity (Wildman–Crippen MR) is 106 cm³/mol. The first-order valence-corrected chi connectivity index (χ1v) is 9.30. The minimum absolute atomic E-state index is 0.00186. The summed E-state index contributed by atoms with van der Waals surface area (Å²) < 4.78 is 5.26. The molecule has 0 amide bonds. The summed E-state index contributed by atoms with van der Waals surface area (Å²) in [5.74, 6) is -1.93. The number of carbonyl (C=O) groups excluding carboxylic acids is 2. The van der Waals surface area contributed by atoms with Crippen LogP contribution in [0.5, 0.6) is 5.75 Å². The summed E-state index contributed by atoms with van der Waals surface area (Å²) in [7, 11) is 0. The van der Waals surface area contributed by atoms with E-state index in [4.69, 9.17) is 9.84 Å². The van der Waals surface area contributed by atoms with Gasteiger partial charge in [-0.1, -0.05) is 29.1 Å². The number of nitrogens with zero attached hydrogens (tertiary/aromatic N) is 1. The van der Waals surface area contributed by atoms with Gasteiger partial charge in [0.2, 0.25) is 5.78 Å². The Hall–Kier alpha value is -3.17. The lowest BCUT2D eigenvalue weighted by atomic mass is 10.1. The average molecular weight is 417 g/mol. The third-order valence-electron chi connectivity index (χ3n) is 3.53. The number of hydrogen-bond acceptors (Lipinski definition) is 8. The van der Waals surface area contributed by atoms with Crippen molar-refractivity contribution in [1.29, 1.82) is 0 Å². The second kappa shape index (κ2) is 10.4. The highest BCUT2D eigenvalue weighted by molar-refractivity contribution is 7.99. The third kappa shape index (κ3) is 6.16. The zero-order valence-electron chi connectivity index (χ0n) is 15.7. The molecule has 0 saturated carbocycles. The molecule has 29 heavy (non-hydrogen) atoms. The van der Waals surface area contributed by atoms with Crippen LogP contribution in [-0.4, -0.2) is 46.9 Å². The molecule has 0 heterocycles. The van der Waals surface area contributed by atoms with E-state index in [0.717, 1.165) is 11.8 Å². The Morgan fingerprint density at radius 2 is 1.72 bits per heavy atom. The Labute approximate surface area is 171 Å². The van der Waals surface area contributed by atoms with Crippen LogP contribution in [0.3, 0.4) is 0 Å². The van der Waals surface area contributed by atoms with Gasteiger partial charge in [-0.3, -0.25) is 4.79 Å². The number of carboxylic acids is 1. The van der Waals surface area contributed by atoms with Gasteiger partial charge in [0, 0.05) is 22.3 Å². The third-order valence-corrected chi connectivity index (χ3v) is 4.68. The molecule has 0 aliphatic heterocycles. The number of hydrogen-bond donors (Lipinski definition) is 2. The molecular formula is C20H19NO7S. The van der Waals surface area contributed by atoms with E-state index in [1.54, 1.807) is 36.4 Å². The van der Waals surface area contributed by atoms with Gasteiger partial charge in [0.15, 0.2) is 0 Å². The Balaban J connectivity index is 2.36. The smallest absolute Gasteiger partial charge is 0.336 e. The van der Waals surface area contributed by atoms with E-state index in [2.05, 4.69) is 9.99 Å². The zero-order chi connectivity index (χ0) is 21.4. The van der Waals surface area contributed by atoms with Crippen molar-refractivity contribution < 1.29 is 34.2 Å². The van der Waals surface area contributed by atoms with Gasteiger partial charge in [0.05, 0.1) is 12.2 Å². The van der Waals surface area contributed by atoms with Crippen LogP contribution in [0.4, 0.5) is 0 Å². The molecule has 152 valence electrons. The maximum absolute atomic E-state index is 12.7. The number of aliphatic hydroxyl groups is 1. The number of carbonyl (C=O) groups is 3. The number of rotatable bonds is 9. The SMILES string of the molecule is CC(=O)O/N=C(\C)C(=O)c1ccccc1Sc1ccc(OCCO)cc1C(=O)O. The molecule has 0 aliphatic carbocycles. The number of Topliss-reactive ketones (excluding diaryl/α,β-unsaturated/α-hetero) is 1. The van der Waals surface area contributed by atoms with Gasteiger partial charge >= 0.3 is 11.9 Å². The fourth-order valence-corrected chi connectivity index (χ4v) is 3.30. The lowest BCUT2D eigenvalue weighted by Crippen LogP contribution is -2.13. The summed E-state index contributed by atoms with van der Waals surface area (Å²) in [6.07, 6.45) is 0. The molecule has 0 saturated heterocycles. The van der Waals surface area contributed by atoms with E-state index < -0.39 is 17.7 Å². The van der Waals surface area contributed by atoms with E-state index in [1.165, 1.54) is 19.9 Å². The minimum atomic E-state index is -1.15. The van der Waals surface area contributed by atoms with Gasteiger partial charge in [-0.15, -0.1) is 0 Å². The molecule has 9 heteroatoms. The highest BCUT2D eigenvalue weighted by atomic mass is 32.2. The largest absolute Gasteiger partial charge is 0.491 e. The number of aliphatic hydroxyl groups excluding tert-OH is 1. The summed E-state index contributed by atoms with van der Waals surface area (Å²) >= 11 is 1.10. The van der Waals surface area contributed by atoms with Crippen molar-refractivity contribution in [1.82, 2.24) is 0 Å². The molecule has 0 bridgehead atoms. The fourth-order valence-electron chi connectivity index (χ4n) is 2.25. The lowest BCUT2D eigenvalue weighted by Gasteiger charge is -2.12. The Bertz CT molecular complexity index is 956. The minimum Gasteiger partial charge on any atom is -0.491 e. The number of ketones is 1. The molecule has 0 unspecified atom stereocenters. The van der Waals surface area contributed by atoms with Gasteiger partial charge in [-0.2, -0.15) is 0 Å². The van der Waals surface area contributed by atoms with Gasteiger partial charge in [0.25, 0.3) is 0 Å². The van der Waals surface area contributed by atoms with Gasteiger partial charge < -0.3 is 19.8 Å². The standard InChI is InChI=1S/C20H19NO7S/c1-12(21-28-13(2)23)19(24)15-5-3-4-6-17(15)29-18-8-7-14(27-10-9-22)11-16(18)20(25)26/h3-8,11,22H,9-10H2,1-2H3,(H,25,26)/b21-12+. The summed E-state index contributed by atoms with van der Waals surface area (Å²) in [6, 6.07) is 11.2. The average Bonchev–Trinajstić information content (AvgIpc) is 2.70. The number of benzene rings is 2. The number of ether oxygens (including phenoxy) is 1. The summed E-state index contributed by atoms with van der Waals surface area (Å²) in [4.78, 5) is 40.6. The molecular weight excluding hydrogens is 398 g/mol. The molecule has 0 aromatic heterocycles. The molecule has 0 fully saturated rings. The molecule has 0 spiro atoms. The molecule has 0 aliphatic rings. The molecule has 0 atom stereocenters. The van der Waals surface area contributed by atoms with E-state index in [0.29, 0.717) is 21.1 Å². The van der Waals surface area contributed by atoms with Crippen molar-refractivity contribution in [2.24, 2.45) is 5.16 Å². The molecule has 2 N–H and O–H groups in total. The van der Waals surface area contributed by atoms with Crippen molar-refractivity contribution >= 4 is 35.2 Å². The van der Waals surface area contributed by atoms with Crippen LogP contribution in [-0.2, 0) is 9.63 Å². The van der Waals surface area contributed by atoms with Crippen LogP contribution in [0, 0.1) is 0 Å². The zero-order valence-corrected chi connectivity index (χ0v) is 16.6. The molecule has 2 rings (SSSR count). The Morgan fingerprint density at radius 3 is 2.38 bits per heavy atom. The number of oxime groups is 1. The number of aromatic carboxylic acids is 1. The van der Waals surface area contributed by atoms with Crippen molar-refractivity contribution in [3.8, 4) is 5.75 Å². The second-order valence-corrected chi connectivity index (χ2v) is 6.81. The molecule has 2 aromatic carbocycles. The highest BCUT2D eigenvalue weighted by Crippen LogP contribution is 2.35. The van der Waals surface area contributed by atoms with Crippen molar-refractivity contribution in [3.05, 3.63) is 53.6 Å². The summed E-state index contributed by atoms with van der Waals surface area (Å²) in [5, 5.41) is 21.9. The fraction of sp³-hybridized carbons (Fsp3) is 0.200. The maximum atomic E-state index is 12.7. The molecule has 8 nitrogen and oxygen atoms in total. The summed E-state index contributed by atoms with van der Waals surface area (Å²) in [6.45, 7) is 2.45. The second-order valence-electron chi connectivity index (χ2n) is 5.72. The van der Waals surface area contributed by atoms with Crippen LogP contribution in [0.25, 0.3) is 0 Å². The van der Waals surface area contributed by atoms with E-state index in [1.807, 2.05) is 0 Å². The van der Waals surface area contributed by atoms with Gasteiger partial charge in [0.1, 0.15) is 18.1 Å². The first kappa shape index (κ1) is 22.1. The number of carboxylic acid groups (broad SMARTS) is 1. The molecule has 2 aromatic rings. The van der Waals surface area contributed by atoms with Crippen LogP contribution in [0.15, 0.2) is 57.4 Å². The van der Waals surface area contributed by atoms with Gasteiger partial charge in [-0.25, -0.2) is 9.59 Å². The first-order chi connectivity index (χ1) is 13.8. The van der Waals surface area contributed by atoms with E-state index in [9.17, 15) is 19.5 Å². The van der Waals surface area contributed by atoms with Gasteiger partial charge in [-0.05, 0) is 37.3 Å². The van der Waals surface area contributed by atoms with Crippen LogP contribution in [0.1, 0.15) is 34.6 Å². The monoisotopic (exact) mass is 417 g/mol. The first-order valence-electron chi connectivity index (χ1n) is 8.48. The Morgan fingerprint density at radius 1 is 1.03 bits per heavy atom. The normalized spacial score (nSPS) is 11.1. The van der Waals surface area contributed by atoms with Crippen LogP contribution >= 0.6 is 11.8 Å². The van der Waals surface area contributed by atoms with Crippen molar-refractivity contribution in [2.45, 2.75) is 23.6 Å². The van der Waals surface area contributed by atoms with Crippen LogP contribution in [0.2, 0.25) is 0 Å². The quantitative estimate of drug-likeness (QED) is 0.276. The Kier molecular flexibility index (Phi) is 7.93. The van der Waals surface area contributed by atoms with Crippen molar-refractivity contribution in [3.63, 3.8) is 0 Å². The lowest BCUT2D eigenvalue weighted by molar-refractivity contribution is -0.140. The molecule has 0 radical (unpaired) electrons. The topological polar surface area (TPSA) is 122 Å². The highest BCUT2D eigenvalue weighted by Gasteiger charge is 2.19. The predicted octanol–water partition coefficient (Wildman–Crippen LogP) is 3.03. The maximum Gasteiger partial charge on any atom is 0.336 e. The van der Waals surface area contributed by atoms with Crippen LogP contribution < -0.4 is 4.74 Å². The summed E-state index contributed by atoms with van der Waals surface area (Å²) in [5.41, 5.74) is 0.278. The van der Waals surface area contributed by atoms with E-state index >= 15 is 0 Å². The van der Waals surface area contributed by atoms with Crippen molar-refractivity contribution in [2.75, 3.05) is 13.2 Å². The van der Waals surface area contributed by atoms with E-state index in [-0.39, 0.29) is 24.5 Å².